The van der Waals surface area contributed by atoms with Crippen molar-refractivity contribution in [2.75, 3.05) is 0 Å². The first-order valence-corrected chi connectivity index (χ1v) is 7.91. The van der Waals surface area contributed by atoms with E-state index >= 15 is 0 Å². The van der Waals surface area contributed by atoms with Crippen molar-refractivity contribution in [2.45, 2.75) is 44.6 Å². The third-order valence-electron chi connectivity index (χ3n) is 4.06. The lowest BCUT2D eigenvalue weighted by atomic mass is 9.89. The number of aromatic nitrogens is 1. The van der Waals surface area contributed by atoms with Crippen molar-refractivity contribution in [1.82, 2.24) is 4.98 Å². The highest BCUT2D eigenvalue weighted by molar-refractivity contribution is 6.17. The topological polar surface area (TPSA) is 22.1 Å². The predicted molar refractivity (Wildman–Crippen MR) is 83.3 cm³/mol. The normalized spacial score (nSPS) is 22.9. The van der Waals surface area contributed by atoms with E-state index in [1.54, 1.807) is 0 Å². The Hall–Kier alpha value is -1.28. The third kappa shape index (κ3) is 2.90. The zero-order valence-corrected chi connectivity index (χ0v) is 12.6. The molecule has 1 aromatic carbocycles. The molecular formula is C17H20ClNO. The van der Waals surface area contributed by atoms with Crippen LogP contribution in [-0.2, 0) is 5.88 Å². The molecule has 2 nitrogen and oxygen atoms in total. The van der Waals surface area contributed by atoms with Crippen molar-refractivity contribution in [2.24, 2.45) is 5.92 Å². The van der Waals surface area contributed by atoms with Gasteiger partial charge in [0.05, 0.1) is 11.6 Å². The van der Waals surface area contributed by atoms with Crippen LogP contribution in [0, 0.1) is 5.92 Å². The second-order valence-electron chi connectivity index (χ2n) is 5.79. The van der Waals surface area contributed by atoms with Gasteiger partial charge in [0.1, 0.15) is 6.10 Å². The fourth-order valence-corrected chi connectivity index (χ4v) is 3.16. The van der Waals surface area contributed by atoms with Crippen molar-refractivity contribution in [3.8, 4) is 5.88 Å². The monoisotopic (exact) mass is 289 g/mol. The molecule has 0 amide bonds. The summed E-state index contributed by atoms with van der Waals surface area (Å²) in [6.07, 6.45) is 5.11. The maximum absolute atomic E-state index is 6.21. The van der Waals surface area contributed by atoms with Crippen LogP contribution in [0.1, 0.15) is 38.3 Å². The van der Waals surface area contributed by atoms with Crippen LogP contribution in [-0.4, -0.2) is 11.1 Å². The van der Waals surface area contributed by atoms with E-state index in [4.69, 9.17) is 16.3 Å². The number of hydrogen-bond donors (Lipinski definition) is 0. The van der Waals surface area contributed by atoms with Gasteiger partial charge in [-0.1, -0.05) is 31.5 Å². The Morgan fingerprint density at radius 1 is 1.30 bits per heavy atom. The first-order valence-electron chi connectivity index (χ1n) is 7.37. The van der Waals surface area contributed by atoms with E-state index in [9.17, 15) is 0 Å². The lowest BCUT2D eigenvalue weighted by Gasteiger charge is -2.27. The van der Waals surface area contributed by atoms with Gasteiger partial charge in [-0.25, -0.2) is 4.98 Å². The SMILES string of the molecule is CC1CCCC(Oc2nc(CCl)cc3ccccc23)C1. The van der Waals surface area contributed by atoms with Crippen molar-refractivity contribution >= 4 is 22.4 Å². The first-order chi connectivity index (χ1) is 9.76. The molecule has 2 atom stereocenters. The molecule has 1 aliphatic rings. The lowest BCUT2D eigenvalue weighted by molar-refractivity contribution is 0.125. The Balaban J connectivity index is 1.93. The fraction of sp³-hybridized carbons (Fsp3) is 0.471. The summed E-state index contributed by atoms with van der Waals surface area (Å²) in [5.41, 5.74) is 0.879. The van der Waals surface area contributed by atoms with E-state index in [0.29, 0.717) is 12.0 Å². The van der Waals surface area contributed by atoms with E-state index in [1.807, 2.05) is 18.2 Å². The second-order valence-corrected chi connectivity index (χ2v) is 6.05. The van der Waals surface area contributed by atoms with Crippen LogP contribution in [0.5, 0.6) is 5.88 Å². The highest BCUT2D eigenvalue weighted by Crippen LogP contribution is 2.31. The van der Waals surface area contributed by atoms with Gasteiger partial charge in [-0.05, 0) is 42.7 Å². The Bertz CT molecular complexity index is 599. The van der Waals surface area contributed by atoms with Crippen LogP contribution in [0.4, 0.5) is 0 Å². The molecule has 0 aliphatic heterocycles. The molecule has 0 saturated heterocycles. The number of alkyl halides is 1. The minimum Gasteiger partial charge on any atom is -0.474 e. The number of ether oxygens (including phenoxy) is 1. The molecule has 1 fully saturated rings. The van der Waals surface area contributed by atoms with Gasteiger partial charge >= 0.3 is 0 Å². The van der Waals surface area contributed by atoms with E-state index in [0.717, 1.165) is 41.1 Å². The van der Waals surface area contributed by atoms with Crippen LogP contribution >= 0.6 is 11.6 Å². The summed E-state index contributed by atoms with van der Waals surface area (Å²) in [6.45, 7) is 2.30. The number of pyridine rings is 1. The molecule has 3 rings (SSSR count). The molecule has 1 aliphatic carbocycles. The van der Waals surface area contributed by atoms with E-state index in [2.05, 4.69) is 24.0 Å². The molecule has 1 saturated carbocycles. The van der Waals surface area contributed by atoms with Gasteiger partial charge in [0.15, 0.2) is 0 Å². The van der Waals surface area contributed by atoms with Gasteiger partial charge in [-0.15, -0.1) is 11.6 Å². The summed E-state index contributed by atoms with van der Waals surface area (Å²) in [7, 11) is 0. The Labute approximate surface area is 125 Å². The van der Waals surface area contributed by atoms with Crippen LogP contribution in [0.2, 0.25) is 0 Å². The number of hydrogen-bond acceptors (Lipinski definition) is 2. The first kappa shape index (κ1) is 13.7. The van der Waals surface area contributed by atoms with Crippen LogP contribution in [0.3, 0.4) is 0 Å². The highest BCUT2D eigenvalue weighted by atomic mass is 35.5. The molecule has 20 heavy (non-hydrogen) atoms. The van der Waals surface area contributed by atoms with Gasteiger partial charge in [-0.3, -0.25) is 0 Å². The summed E-state index contributed by atoms with van der Waals surface area (Å²) < 4.78 is 6.21. The zero-order valence-electron chi connectivity index (χ0n) is 11.8. The molecule has 0 N–H and O–H groups in total. The molecule has 0 bridgehead atoms. The number of fused-ring (bicyclic) bond motifs is 1. The summed E-state index contributed by atoms with van der Waals surface area (Å²) >= 11 is 5.95. The maximum Gasteiger partial charge on any atom is 0.221 e. The summed E-state index contributed by atoms with van der Waals surface area (Å²) in [4.78, 5) is 4.58. The Kier molecular flexibility index (Phi) is 4.11. The molecule has 1 aromatic heterocycles. The number of benzene rings is 1. The number of nitrogens with zero attached hydrogens (tertiary/aromatic N) is 1. The maximum atomic E-state index is 6.21. The van der Waals surface area contributed by atoms with Crippen LogP contribution < -0.4 is 4.74 Å². The van der Waals surface area contributed by atoms with Crippen LogP contribution in [0.15, 0.2) is 30.3 Å². The zero-order chi connectivity index (χ0) is 13.9. The molecule has 0 spiro atoms. The van der Waals surface area contributed by atoms with Crippen molar-refractivity contribution in [3.63, 3.8) is 0 Å². The third-order valence-corrected chi connectivity index (χ3v) is 4.34. The second kappa shape index (κ2) is 6.01. The van der Waals surface area contributed by atoms with Gasteiger partial charge in [0.2, 0.25) is 5.88 Å². The minimum atomic E-state index is 0.292. The number of rotatable bonds is 3. The van der Waals surface area contributed by atoms with Crippen molar-refractivity contribution in [3.05, 3.63) is 36.0 Å². The lowest BCUT2D eigenvalue weighted by Crippen LogP contribution is -2.24. The molecular weight excluding hydrogens is 270 g/mol. The minimum absolute atomic E-state index is 0.292. The molecule has 0 radical (unpaired) electrons. The standard InChI is InChI=1S/C17H20ClNO/c1-12-5-4-7-15(9-12)20-17-16-8-3-2-6-13(16)10-14(11-18)19-17/h2-3,6,8,10,12,15H,4-5,7,9,11H2,1H3. The molecule has 2 unspecified atom stereocenters. The average Bonchev–Trinajstić information content (AvgIpc) is 2.47. The van der Waals surface area contributed by atoms with Crippen molar-refractivity contribution < 1.29 is 4.74 Å². The molecule has 2 aromatic rings. The van der Waals surface area contributed by atoms with Crippen LogP contribution in [0.25, 0.3) is 10.8 Å². The summed E-state index contributed by atoms with van der Waals surface area (Å²) in [6, 6.07) is 10.3. The Morgan fingerprint density at radius 3 is 2.95 bits per heavy atom. The van der Waals surface area contributed by atoms with Crippen molar-refractivity contribution in [1.29, 1.82) is 0 Å². The summed E-state index contributed by atoms with van der Waals surface area (Å²) in [5.74, 6) is 1.91. The predicted octanol–water partition coefficient (Wildman–Crippen LogP) is 4.93. The van der Waals surface area contributed by atoms with Gasteiger partial charge in [-0.2, -0.15) is 0 Å². The van der Waals surface area contributed by atoms with E-state index < -0.39 is 0 Å². The largest absolute Gasteiger partial charge is 0.474 e. The fourth-order valence-electron chi connectivity index (χ4n) is 3.02. The van der Waals surface area contributed by atoms with E-state index in [1.165, 1.54) is 12.8 Å². The smallest absolute Gasteiger partial charge is 0.221 e. The summed E-state index contributed by atoms with van der Waals surface area (Å²) in [5, 5.41) is 2.23. The molecule has 3 heteroatoms. The average molecular weight is 290 g/mol. The quantitative estimate of drug-likeness (QED) is 0.747. The van der Waals surface area contributed by atoms with Gasteiger partial charge in [0, 0.05) is 5.39 Å². The Morgan fingerprint density at radius 2 is 2.15 bits per heavy atom. The van der Waals surface area contributed by atoms with E-state index in [-0.39, 0.29) is 0 Å². The molecule has 1 heterocycles. The number of halogens is 1. The highest BCUT2D eigenvalue weighted by Gasteiger charge is 2.21. The van der Waals surface area contributed by atoms with Gasteiger partial charge in [0.25, 0.3) is 0 Å². The van der Waals surface area contributed by atoms with Gasteiger partial charge < -0.3 is 4.74 Å². The molecule has 106 valence electrons.